The van der Waals surface area contributed by atoms with Gasteiger partial charge >= 0.3 is 0 Å². The lowest BCUT2D eigenvalue weighted by atomic mass is 10.1. The second kappa shape index (κ2) is 5.89. The van der Waals surface area contributed by atoms with E-state index >= 15 is 0 Å². The number of likely N-dealkylation sites (tertiary alicyclic amines) is 1. The van der Waals surface area contributed by atoms with Crippen molar-refractivity contribution in [3.8, 4) is 0 Å². The highest BCUT2D eigenvalue weighted by atomic mass is 32.2. The Hall–Kier alpha value is 0.270. The summed E-state index contributed by atoms with van der Waals surface area (Å²) < 4.78 is 5.69. The summed E-state index contributed by atoms with van der Waals surface area (Å²) in [7, 11) is 0. The van der Waals surface area contributed by atoms with Crippen LogP contribution in [0.5, 0.6) is 0 Å². The lowest BCUT2D eigenvalue weighted by Gasteiger charge is -2.31. The van der Waals surface area contributed by atoms with Gasteiger partial charge in [-0.2, -0.15) is 0 Å². The fraction of sp³-hybridized carbons (Fsp3) is 1.00. The molecule has 0 aromatic rings. The quantitative estimate of drug-likeness (QED) is 0.652. The van der Waals surface area contributed by atoms with E-state index < -0.39 is 0 Å². The molecule has 3 heteroatoms. The first-order valence-corrected chi connectivity index (χ1v) is 6.07. The van der Waals surface area contributed by atoms with Gasteiger partial charge in [0, 0.05) is 18.3 Å². The van der Waals surface area contributed by atoms with Crippen molar-refractivity contribution >= 4 is 12.0 Å². The molecule has 1 unspecified atom stereocenters. The molecule has 1 heterocycles. The summed E-state index contributed by atoms with van der Waals surface area (Å²) >= 11 is 1.59. The largest absolute Gasteiger partial charge is 0.297 e. The highest BCUT2D eigenvalue weighted by Crippen LogP contribution is 2.19. The third-order valence-electron chi connectivity index (χ3n) is 2.29. The van der Waals surface area contributed by atoms with E-state index in [9.17, 15) is 0 Å². The molecule has 1 fully saturated rings. The first kappa shape index (κ1) is 11.3. The number of hydrogen-bond acceptors (Lipinski definition) is 3. The molecule has 2 nitrogen and oxygen atoms in total. The highest BCUT2D eigenvalue weighted by Gasteiger charge is 2.17. The van der Waals surface area contributed by atoms with Crippen LogP contribution in [0.3, 0.4) is 0 Å². The molecular formula is C10H21NOS. The van der Waals surface area contributed by atoms with E-state index in [-0.39, 0.29) is 6.23 Å². The molecule has 0 saturated carbocycles. The lowest BCUT2D eigenvalue weighted by molar-refractivity contribution is 0.0412. The zero-order valence-electron chi connectivity index (χ0n) is 8.95. The van der Waals surface area contributed by atoms with E-state index in [1.165, 1.54) is 32.4 Å². The minimum Gasteiger partial charge on any atom is -0.297 e. The summed E-state index contributed by atoms with van der Waals surface area (Å²) in [4.78, 5) is 2.43. The van der Waals surface area contributed by atoms with E-state index in [1.54, 1.807) is 12.0 Å². The molecule has 0 bridgehead atoms. The molecule has 1 saturated heterocycles. The van der Waals surface area contributed by atoms with E-state index in [0.717, 1.165) is 0 Å². The molecule has 1 aliphatic heterocycles. The topological polar surface area (TPSA) is 12.5 Å². The number of rotatable bonds is 4. The van der Waals surface area contributed by atoms with Gasteiger partial charge in [-0.1, -0.05) is 20.3 Å². The summed E-state index contributed by atoms with van der Waals surface area (Å²) in [6.07, 6.45) is 4.34. The first-order valence-electron chi connectivity index (χ1n) is 5.26. The minimum absolute atomic E-state index is 0.285. The molecule has 78 valence electrons. The zero-order chi connectivity index (χ0) is 9.68. The van der Waals surface area contributed by atoms with Gasteiger partial charge in [0.05, 0.1) is 0 Å². The van der Waals surface area contributed by atoms with Gasteiger partial charge < -0.3 is 0 Å². The smallest absolute Gasteiger partial charge is 0.122 e. The summed E-state index contributed by atoms with van der Waals surface area (Å²) in [5.41, 5.74) is 0. The Morgan fingerprint density at radius 2 is 1.69 bits per heavy atom. The van der Waals surface area contributed by atoms with Crippen LogP contribution in [0.4, 0.5) is 0 Å². The number of piperidine rings is 1. The van der Waals surface area contributed by atoms with Gasteiger partial charge in [0.1, 0.15) is 6.23 Å². The van der Waals surface area contributed by atoms with Gasteiger partial charge in [-0.15, -0.1) is 0 Å². The minimum atomic E-state index is 0.285. The van der Waals surface area contributed by atoms with Crippen LogP contribution >= 0.6 is 12.0 Å². The second-order valence-electron chi connectivity index (χ2n) is 3.94. The van der Waals surface area contributed by atoms with Crippen LogP contribution in [-0.4, -0.2) is 29.5 Å². The van der Waals surface area contributed by atoms with Crippen molar-refractivity contribution in [2.75, 3.05) is 13.1 Å². The van der Waals surface area contributed by atoms with Gasteiger partial charge in [-0.05, 0) is 31.8 Å². The third-order valence-corrected chi connectivity index (χ3v) is 3.07. The Labute approximate surface area is 86.2 Å². The number of hydrogen-bond donors (Lipinski definition) is 0. The van der Waals surface area contributed by atoms with Crippen LogP contribution in [-0.2, 0) is 4.18 Å². The second-order valence-corrected chi connectivity index (χ2v) is 5.26. The van der Waals surface area contributed by atoms with Crippen LogP contribution in [0.1, 0.15) is 40.0 Å². The summed E-state index contributed by atoms with van der Waals surface area (Å²) in [6, 6.07) is 0. The average Bonchev–Trinajstić information content (AvgIpc) is 2.15. The maximum atomic E-state index is 5.69. The Balaban J connectivity index is 2.17. The Bertz CT molecular complexity index is 135. The normalized spacial score (nSPS) is 22.2. The Kier molecular flexibility index (Phi) is 5.14. The molecule has 1 rings (SSSR count). The molecule has 0 radical (unpaired) electrons. The average molecular weight is 203 g/mol. The predicted octanol–water partition coefficient (Wildman–Crippen LogP) is 2.89. The van der Waals surface area contributed by atoms with Crippen molar-refractivity contribution < 1.29 is 4.18 Å². The van der Waals surface area contributed by atoms with E-state index in [1.807, 2.05) is 0 Å². The van der Waals surface area contributed by atoms with Crippen molar-refractivity contribution in [3.63, 3.8) is 0 Å². The van der Waals surface area contributed by atoms with Crippen molar-refractivity contribution in [3.05, 3.63) is 0 Å². The van der Waals surface area contributed by atoms with Gasteiger partial charge in [-0.3, -0.25) is 9.08 Å². The number of nitrogens with zero attached hydrogens (tertiary/aromatic N) is 1. The molecule has 0 N–H and O–H groups in total. The molecule has 1 atom stereocenters. The Morgan fingerprint density at radius 1 is 1.08 bits per heavy atom. The van der Waals surface area contributed by atoms with Crippen LogP contribution < -0.4 is 0 Å². The molecule has 0 aromatic carbocycles. The van der Waals surface area contributed by atoms with Crippen LogP contribution in [0.15, 0.2) is 0 Å². The van der Waals surface area contributed by atoms with Crippen molar-refractivity contribution in [1.82, 2.24) is 4.90 Å². The molecule has 0 amide bonds. The predicted molar refractivity (Wildman–Crippen MR) is 58.7 cm³/mol. The maximum Gasteiger partial charge on any atom is 0.122 e. The van der Waals surface area contributed by atoms with Gasteiger partial charge in [0.2, 0.25) is 0 Å². The van der Waals surface area contributed by atoms with E-state index in [2.05, 4.69) is 25.7 Å². The third kappa shape index (κ3) is 4.34. The molecule has 0 aromatic heterocycles. The van der Waals surface area contributed by atoms with Crippen molar-refractivity contribution in [2.45, 2.75) is 51.5 Å². The monoisotopic (exact) mass is 203 g/mol. The van der Waals surface area contributed by atoms with Crippen LogP contribution in [0.25, 0.3) is 0 Å². The fourth-order valence-electron chi connectivity index (χ4n) is 1.53. The lowest BCUT2D eigenvalue weighted by Crippen LogP contribution is -2.38. The zero-order valence-corrected chi connectivity index (χ0v) is 9.77. The van der Waals surface area contributed by atoms with Crippen LogP contribution in [0.2, 0.25) is 0 Å². The van der Waals surface area contributed by atoms with Crippen LogP contribution in [0, 0.1) is 0 Å². The summed E-state index contributed by atoms with van der Waals surface area (Å²) in [5, 5.41) is 0.562. The van der Waals surface area contributed by atoms with Gasteiger partial charge in [0.25, 0.3) is 0 Å². The molecule has 0 spiro atoms. The van der Waals surface area contributed by atoms with E-state index in [0.29, 0.717) is 5.25 Å². The standard InChI is InChI=1S/C10H21NOS/c1-9(2)13-12-10(3)11-7-5-4-6-8-11/h9-10H,4-8H2,1-3H3. The maximum absolute atomic E-state index is 5.69. The van der Waals surface area contributed by atoms with Gasteiger partial charge in [-0.25, -0.2) is 0 Å². The van der Waals surface area contributed by atoms with Crippen molar-refractivity contribution in [1.29, 1.82) is 0 Å². The SMILES string of the molecule is CC(C)SOC(C)N1CCCCC1. The first-order chi connectivity index (χ1) is 6.20. The van der Waals surface area contributed by atoms with Gasteiger partial charge in [0.15, 0.2) is 0 Å². The van der Waals surface area contributed by atoms with E-state index in [4.69, 9.17) is 4.18 Å². The molecule has 1 aliphatic rings. The summed E-state index contributed by atoms with van der Waals surface area (Å²) in [5.74, 6) is 0. The fourth-order valence-corrected chi connectivity index (χ4v) is 2.04. The Morgan fingerprint density at radius 3 is 2.23 bits per heavy atom. The highest BCUT2D eigenvalue weighted by molar-refractivity contribution is 7.95. The van der Waals surface area contributed by atoms with Crippen molar-refractivity contribution in [2.24, 2.45) is 0 Å². The summed E-state index contributed by atoms with van der Waals surface area (Å²) in [6.45, 7) is 8.89. The molecular weight excluding hydrogens is 182 g/mol. The molecule has 13 heavy (non-hydrogen) atoms. The molecule has 0 aliphatic carbocycles.